The zero-order valence-electron chi connectivity index (χ0n) is 16.1. The first-order valence-corrected chi connectivity index (χ1v) is 9.07. The second-order valence-electron chi connectivity index (χ2n) is 6.58. The number of alkyl halides is 3. The molecule has 3 heterocycles. The van der Waals surface area contributed by atoms with Crippen LogP contribution < -0.4 is 15.8 Å². The van der Waals surface area contributed by atoms with Crippen LogP contribution in [0, 0.1) is 11.6 Å². The second kappa shape index (κ2) is 8.33. The van der Waals surface area contributed by atoms with Crippen LogP contribution in [0.2, 0.25) is 0 Å². The van der Waals surface area contributed by atoms with Gasteiger partial charge >= 0.3 is 12.1 Å². The number of rotatable bonds is 5. The third-order valence-electron chi connectivity index (χ3n) is 4.37. The van der Waals surface area contributed by atoms with Crippen molar-refractivity contribution in [1.29, 1.82) is 0 Å². The van der Waals surface area contributed by atoms with Crippen LogP contribution in [-0.4, -0.2) is 27.2 Å². The fourth-order valence-electron chi connectivity index (χ4n) is 2.99. The Morgan fingerprint density at radius 2 is 1.91 bits per heavy atom. The minimum absolute atomic E-state index is 0.123. The molecule has 0 fully saturated rings. The van der Waals surface area contributed by atoms with Gasteiger partial charge in [-0.1, -0.05) is 6.07 Å². The van der Waals surface area contributed by atoms with Crippen molar-refractivity contribution in [3.8, 4) is 5.75 Å². The minimum Gasteiger partial charge on any atom is -0.403 e. The number of aromatic nitrogens is 3. The molecule has 4 rings (SSSR count). The van der Waals surface area contributed by atoms with Crippen molar-refractivity contribution in [3.63, 3.8) is 0 Å². The van der Waals surface area contributed by atoms with Crippen LogP contribution in [0.25, 0.3) is 11.2 Å². The molecular weight excluding hydrogens is 455 g/mol. The highest BCUT2D eigenvalue weighted by Gasteiger charge is 2.33. The number of hydrogen-bond donors (Lipinski definition) is 2. The van der Waals surface area contributed by atoms with Crippen LogP contribution in [0.1, 0.15) is 27.8 Å². The van der Waals surface area contributed by atoms with Gasteiger partial charge < -0.3 is 14.5 Å². The minimum atomic E-state index is -5.12. The molecule has 1 amide bonds. The molecule has 0 aliphatic heterocycles. The van der Waals surface area contributed by atoms with E-state index < -0.39 is 41.5 Å². The predicted molar refractivity (Wildman–Crippen MR) is 101 cm³/mol. The zero-order chi connectivity index (χ0) is 23.8. The van der Waals surface area contributed by atoms with Crippen molar-refractivity contribution in [2.45, 2.75) is 12.4 Å². The molecule has 0 spiro atoms. The number of fused-ring (bicyclic) bond motifs is 1. The van der Waals surface area contributed by atoms with E-state index in [1.807, 2.05) is 0 Å². The van der Waals surface area contributed by atoms with Crippen molar-refractivity contribution in [2.24, 2.45) is 0 Å². The smallest absolute Gasteiger partial charge is 0.403 e. The van der Waals surface area contributed by atoms with Gasteiger partial charge in [-0.15, -0.1) is 13.2 Å². The van der Waals surface area contributed by atoms with Crippen LogP contribution in [0.3, 0.4) is 0 Å². The molecule has 0 saturated heterocycles. The fraction of sp³-hybridized carbons (Fsp3) is 0.100. The maximum atomic E-state index is 14.4. The number of H-pyrrole nitrogens is 1. The van der Waals surface area contributed by atoms with Gasteiger partial charge in [-0.25, -0.2) is 18.6 Å². The Morgan fingerprint density at radius 3 is 2.61 bits per heavy atom. The molecule has 3 aromatic heterocycles. The van der Waals surface area contributed by atoms with E-state index in [1.165, 1.54) is 24.4 Å². The Balaban J connectivity index is 1.71. The Morgan fingerprint density at radius 1 is 1.12 bits per heavy atom. The van der Waals surface area contributed by atoms with Crippen LogP contribution in [0.5, 0.6) is 5.75 Å². The van der Waals surface area contributed by atoms with Crippen molar-refractivity contribution in [3.05, 3.63) is 87.8 Å². The van der Waals surface area contributed by atoms with Crippen molar-refractivity contribution in [1.82, 2.24) is 20.3 Å². The molecule has 1 atom stereocenters. The number of halogens is 5. The standard InChI is InChI=1S/C20H11F5N4O4/c21-10-2-1-7-26-16(10)15(9-3-6-14(11(22)8-9)33-20(23,24)25)29-17(30)12-4-5-13-18(27-12)32-19(31)28-13/h1-8,15H,(H,28,31)(H,29,30). The second-order valence-corrected chi connectivity index (χ2v) is 6.58. The number of oxazole rings is 1. The average molecular weight is 466 g/mol. The Bertz CT molecular complexity index is 1400. The molecule has 0 bridgehead atoms. The van der Waals surface area contributed by atoms with Crippen molar-refractivity contribution < 1.29 is 35.9 Å². The van der Waals surface area contributed by atoms with Gasteiger partial charge in [0.2, 0.25) is 5.71 Å². The number of carbonyl (C=O) groups is 1. The summed E-state index contributed by atoms with van der Waals surface area (Å²) in [6, 6.07) is 5.87. The van der Waals surface area contributed by atoms with E-state index >= 15 is 0 Å². The average Bonchev–Trinajstić information content (AvgIpc) is 3.12. The summed E-state index contributed by atoms with van der Waals surface area (Å²) in [5, 5.41) is 2.41. The molecule has 170 valence electrons. The third-order valence-corrected chi connectivity index (χ3v) is 4.37. The number of amides is 1. The van der Waals surface area contributed by atoms with Gasteiger partial charge in [-0.2, -0.15) is 0 Å². The first kappa shape index (κ1) is 21.9. The van der Waals surface area contributed by atoms with Gasteiger partial charge in [0, 0.05) is 6.20 Å². The maximum absolute atomic E-state index is 14.4. The van der Waals surface area contributed by atoms with E-state index in [0.29, 0.717) is 12.1 Å². The first-order chi connectivity index (χ1) is 15.6. The Hall–Kier alpha value is -4.29. The lowest BCUT2D eigenvalue weighted by Crippen LogP contribution is -2.31. The number of ether oxygens (including phenoxy) is 1. The van der Waals surface area contributed by atoms with Crippen molar-refractivity contribution in [2.75, 3.05) is 0 Å². The molecule has 1 unspecified atom stereocenters. The number of hydrogen-bond acceptors (Lipinski definition) is 6. The molecule has 4 aromatic rings. The molecule has 13 heteroatoms. The van der Waals surface area contributed by atoms with E-state index in [2.05, 4.69) is 25.0 Å². The normalized spacial score (nSPS) is 12.5. The largest absolute Gasteiger partial charge is 0.573 e. The molecule has 8 nitrogen and oxygen atoms in total. The lowest BCUT2D eigenvalue weighted by molar-refractivity contribution is -0.275. The topological polar surface area (TPSA) is 110 Å². The van der Waals surface area contributed by atoms with Crippen LogP contribution >= 0.6 is 0 Å². The lowest BCUT2D eigenvalue weighted by Gasteiger charge is -2.20. The number of nitrogens with one attached hydrogen (secondary N) is 2. The summed E-state index contributed by atoms with van der Waals surface area (Å²) in [6.45, 7) is 0. The summed E-state index contributed by atoms with van der Waals surface area (Å²) >= 11 is 0. The molecular formula is C20H11F5N4O4. The molecule has 2 N–H and O–H groups in total. The predicted octanol–water partition coefficient (Wildman–Crippen LogP) is 3.61. The number of benzene rings is 1. The van der Waals surface area contributed by atoms with Gasteiger partial charge in [0.15, 0.2) is 11.6 Å². The highest BCUT2D eigenvalue weighted by Crippen LogP contribution is 2.30. The quantitative estimate of drug-likeness (QED) is 0.435. The van der Waals surface area contributed by atoms with Gasteiger partial charge in [0.1, 0.15) is 22.7 Å². The zero-order valence-corrected chi connectivity index (χ0v) is 16.1. The van der Waals surface area contributed by atoms with E-state index in [0.717, 1.165) is 12.1 Å². The summed E-state index contributed by atoms with van der Waals surface area (Å²) in [6.07, 6.45) is -3.91. The summed E-state index contributed by atoms with van der Waals surface area (Å²) < 4.78 is 74.4. The summed E-state index contributed by atoms with van der Waals surface area (Å²) in [7, 11) is 0. The van der Waals surface area contributed by atoms with Crippen LogP contribution in [0.4, 0.5) is 22.0 Å². The van der Waals surface area contributed by atoms with Crippen LogP contribution in [-0.2, 0) is 0 Å². The number of aromatic amines is 1. The van der Waals surface area contributed by atoms with Gasteiger partial charge in [0.05, 0.1) is 6.04 Å². The van der Waals surface area contributed by atoms with Gasteiger partial charge in [-0.3, -0.25) is 14.8 Å². The highest BCUT2D eigenvalue weighted by atomic mass is 19.4. The third kappa shape index (κ3) is 4.81. The molecule has 0 radical (unpaired) electrons. The van der Waals surface area contributed by atoms with Gasteiger partial charge in [-0.05, 0) is 42.0 Å². The SMILES string of the molecule is O=C(NC(c1ccc(OC(F)(F)F)c(F)c1)c1ncccc1F)c1ccc2[nH]c(=O)oc2n1. The van der Waals surface area contributed by atoms with Crippen molar-refractivity contribution >= 4 is 17.1 Å². The van der Waals surface area contributed by atoms with E-state index in [4.69, 9.17) is 4.42 Å². The fourth-order valence-corrected chi connectivity index (χ4v) is 2.99. The summed E-state index contributed by atoms with van der Waals surface area (Å²) in [5.41, 5.74) is -0.616. The number of carbonyl (C=O) groups excluding carboxylic acids is 1. The molecule has 0 aliphatic carbocycles. The number of nitrogens with zero attached hydrogens (tertiary/aromatic N) is 2. The highest BCUT2D eigenvalue weighted by molar-refractivity contribution is 5.94. The molecule has 33 heavy (non-hydrogen) atoms. The van der Waals surface area contributed by atoms with E-state index in [-0.39, 0.29) is 28.2 Å². The molecule has 0 saturated carbocycles. The molecule has 1 aromatic carbocycles. The van der Waals surface area contributed by atoms with E-state index in [1.54, 1.807) is 0 Å². The molecule has 0 aliphatic rings. The maximum Gasteiger partial charge on any atom is 0.573 e. The van der Waals surface area contributed by atoms with E-state index in [9.17, 15) is 31.5 Å². The summed E-state index contributed by atoms with van der Waals surface area (Å²) in [5.74, 6) is -5.03. The van der Waals surface area contributed by atoms with Crippen LogP contribution in [0.15, 0.2) is 57.9 Å². The Labute approximate surface area is 180 Å². The monoisotopic (exact) mass is 466 g/mol. The number of pyridine rings is 2. The lowest BCUT2D eigenvalue weighted by atomic mass is 10.0. The first-order valence-electron chi connectivity index (χ1n) is 9.07. The van der Waals surface area contributed by atoms with Gasteiger partial charge in [0.25, 0.3) is 5.91 Å². The Kier molecular flexibility index (Phi) is 5.54. The summed E-state index contributed by atoms with van der Waals surface area (Å²) in [4.78, 5) is 34.1.